The molecule has 2 aromatic carbocycles. The lowest BCUT2D eigenvalue weighted by Crippen LogP contribution is -2.07. The van der Waals surface area contributed by atoms with Gasteiger partial charge in [-0.05, 0) is 36.8 Å². The number of benzene rings is 2. The first-order valence-corrected chi connectivity index (χ1v) is 5.73. The van der Waals surface area contributed by atoms with Crippen molar-refractivity contribution >= 4 is 23.1 Å². The standard InChI is InChI=1S/C14H11ClFNO/c1-8-6-13(17)10(7-12(8)16)14(18)9-4-2-3-5-11(9)15/h2-7H,17H2,1H3. The second-order valence-corrected chi connectivity index (χ2v) is 4.40. The van der Waals surface area contributed by atoms with E-state index in [2.05, 4.69) is 0 Å². The fourth-order valence-corrected chi connectivity index (χ4v) is 1.91. The number of carbonyl (C=O) groups is 1. The van der Waals surface area contributed by atoms with Crippen LogP contribution in [-0.4, -0.2) is 5.78 Å². The van der Waals surface area contributed by atoms with Crippen molar-refractivity contribution in [2.75, 3.05) is 5.73 Å². The smallest absolute Gasteiger partial charge is 0.196 e. The van der Waals surface area contributed by atoms with E-state index in [1.165, 1.54) is 6.07 Å². The van der Waals surface area contributed by atoms with E-state index >= 15 is 0 Å². The maximum absolute atomic E-state index is 13.5. The maximum atomic E-state index is 13.5. The molecule has 2 N–H and O–H groups in total. The van der Waals surface area contributed by atoms with Crippen molar-refractivity contribution in [1.82, 2.24) is 0 Å². The van der Waals surface area contributed by atoms with E-state index in [1.807, 2.05) is 0 Å². The molecule has 2 rings (SSSR count). The zero-order valence-electron chi connectivity index (χ0n) is 9.71. The van der Waals surface area contributed by atoms with Crippen molar-refractivity contribution in [2.24, 2.45) is 0 Å². The van der Waals surface area contributed by atoms with Gasteiger partial charge in [0.05, 0.1) is 5.02 Å². The third-order valence-corrected chi connectivity index (χ3v) is 3.02. The normalized spacial score (nSPS) is 10.4. The van der Waals surface area contributed by atoms with Gasteiger partial charge in [-0.1, -0.05) is 23.7 Å². The number of anilines is 1. The number of nitrogens with two attached hydrogens (primary N) is 1. The lowest BCUT2D eigenvalue weighted by atomic mass is 10.00. The summed E-state index contributed by atoms with van der Waals surface area (Å²) in [5, 5.41) is 0.322. The Bertz CT molecular complexity index is 625. The molecule has 0 spiro atoms. The Kier molecular flexibility index (Phi) is 3.34. The molecular weight excluding hydrogens is 253 g/mol. The molecule has 0 saturated carbocycles. The summed E-state index contributed by atoms with van der Waals surface area (Å²) in [4.78, 5) is 12.2. The highest BCUT2D eigenvalue weighted by Gasteiger charge is 2.16. The first-order chi connectivity index (χ1) is 8.50. The van der Waals surface area contributed by atoms with Gasteiger partial charge < -0.3 is 5.73 Å². The molecular formula is C14H11ClFNO. The van der Waals surface area contributed by atoms with E-state index in [0.29, 0.717) is 16.1 Å². The van der Waals surface area contributed by atoms with Gasteiger partial charge in [-0.3, -0.25) is 4.79 Å². The van der Waals surface area contributed by atoms with Crippen LogP contribution < -0.4 is 5.73 Å². The van der Waals surface area contributed by atoms with Gasteiger partial charge >= 0.3 is 0 Å². The summed E-state index contributed by atoms with van der Waals surface area (Å²) in [6, 6.07) is 9.20. The van der Waals surface area contributed by atoms with Crippen molar-refractivity contribution in [3.63, 3.8) is 0 Å². The number of ketones is 1. The third kappa shape index (κ3) is 2.22. The number of hydrogen-bond acceptors (Lipinski definition) is 2. The largest absolute Gasteiger partial charge is 0.398 e. The second kappa shape index (κ2) is 4.78. The average Bonchev–Trinajstić information content (AvgIpc) is 2.33. The SMILES string of the molecule is Cc1cc(N)c(C(=O)c2ccccc2Cl)cc1F. The number of hydrogen-bond donors (Lipinski definition) is 1. The molecule has 2 aromatic rings. The van der Waals surface area contributed by atoms with Gasteiger partial charge in [0.25, 0.3) is 0 Å². The Morgan fingerprint density at radius 2 is 1.89 bits per heavy atom. The summed E-state index contributed by atoms with van der Waals surface area (Å²) in [6.45, 7) is 1.59. The highest BCUT2D eigenvalue weighted by atomic mass is 35.5. The third-order valence-electron chi connectivity index (χ3n) is 2.69. The predicted molar refractivity (Wildman–Crippen MR) is 70.4 cm³/mol. The summed E-state index contributed by atoms with van der Waals surface area (Å²) in [5.74, 6) is -0.836. The minimum atomic E-state index is -0.459. The predicted octanol–water partition coefficient (Wildman–Crippen LogP) is 3.60. The van der Waals surface area contributed by atoms with Crippen molar-refractivity contribution in [3.05, 3.63) is 63.9 Å². The molecule has 0 atom stereocenters. The summed E-state index contributed by atoms with van der Waals surface area (Å²) in [6.07, 6.45) is 0. The summed E-state index contributed by atoms with van der Waals surface area (Å²) < 4.78 is 13.5. The Hall–Kier alpha value is -1.87. The highest BCUT2D eigenvalue weighted by molar-refractivity contribution is 6.35. The highest BCUT2D eigenvalue weighted by Crippen LogP contribution is 2.24. The molecule has 0 amide bonds. The molecule has 0 aromatic heterocycles. The minimum Gasteiger partial charge on any atom is -0.398 e. The number of nitrogen functional groups attached to an aromatic ring is 1. The van der Waals surface area contributed by atoms with Crippen LogP contribution in [0.15, 0.2) is 36.4 Å². The molecule has 0 fully saturated rings. The molecule has 0 unspecified atom stereocenters. The van der Waals surface area contributed by atoms with Gasteiger partial charge in [-0.2, -0.15) is 0 Å². The van der Waals surface area contributed by atoms with Crippen LogP contribution in [0, 0.1) is 12.7 Å². The molecule has 0 heterocycles. The minimum absolute atomic E-state index is 0.131. The maximum Gasteiger partial charge on any atom is 0.196 e. The molecule has 0 bridgehead atoms. The first-order valence-electron chi connectivity index (χ1n) is 5.35. The zero-order valence-corrected chi connectivity index (χ0v) is 10.5. The van der Waals surface area contributed by atoms with Crippen molar-refractivity contribution < 1.29 is 9.18 Å². The van der Waals surface area contributed by atoms with Gasteiger partial charge in [0, 0.05) is 16.8 Å². The van der Waals surface area contributed by atoms with Gasteiger partial charge in [0.1, 0.15) is 5.82 Å². The number of halogens is 2. The molecule has 0 aliphatic rings. The van der Waals surface area contributed by atoms with Crippen LogP contribution >= 0.6 is 11.6 Å². The van der Waals surface area contributed by atoms with E-state index in [-0.39, 0.29) is 17.0 Å². The van der Waals surface area contributed by atoms with Crippen molar-refractivity contribution in [3.8, 4) is 0 Å². The molecule has 0 saturated heterocycles. The Morgan fingerprint density at radius 3 is 2.56 bits per heavy atom. The molecule has 0 aliphatic carbocycles. The quantitative estimate of drug-likeness (QED) is 0.664. The van der Waals surface area contributed by atoms with Crippen LogP contribution in [-0.2, 0) is 0 Å². The lowest BCUT2D eigenvalue weighted by molar-refractivity contribution is 0.103. The molecule has 18 heavy (non-hydrogen) atoms. The number of aryl methyl sites for hydroxylation is 1. The van der Waals surface area contributed by atoms with Crippen LogP contribution in [0.5, 0.6) is 0 Å². The Balaban J connectivity index is 2.53. The van der Waals surface area contributed by atoms with Crippen LogP contribution in [0.3, 0.4) is 0 Å². The van der Waals surface area contributed by atoms with E-state index in [4.69, 9.17) is 17.3 Å². The average molecular weight is 264 g/mol. The van der Waals surface area contributed by atoms with Gasteiger partial charge in [-0.15, -0.1) is 0 Å². The van der Waals surface area contributed by atoms with Crippen molar-refractivity contribution in [2.45, 2.75) is 6.92 Å². The lowest BCUT2D eigenvalue weighted by Gasteiger charge is -2.08. The molecule has 2 nitrogen and oxygen atoms in total. The second-order valence-electron chi connectivity index (χ2n) is 4.00. The summed E-state index contributed by atoms with van der Waals surface area (Å²) >= 11 is 5.94. The van der Waals surface area contributed by atoms with Crippen LogP contribution in [0.25, 0.3) is 0 Å². The van der Waals surface area contributed by atoms with Gasteiger partial charge in [0.2, 0.25) is 0 Å². The molecule has 0 aliphatic heterocycles. The van der Waals surface area contributed by atoms with Crippen LogP contribution in [0.4, 0.5) is 10.1 Å². The topological polar surface area (TPSA) is 43.1 Å². The summed E-state index contributed by atoms with van der Waals surface area (Å²) in [5.41, 5.74) is 6.85. The van der Waals surface area contributed by atoms with Crippen molar-refractivity contribution in [1.29, 1.82) is 0 Å². The van der Waals surface area contributed by atoms with Gasteiger partial charge in [0.15, 0.2) is 5.78 Å². The zero-order chi connectivity index (χ0) is 13.3. The first kappa shape index (κ1) is 12.6. The van der Waals surface area contributed by atoms with E-state index in [1.54, 1.807) is 31.2 Å². The number of rotatable bonds is 2. The fourth-order valence-electron chi connectivity index (χ4n) is 1.69. The Morgan fingerprint density at radius 1 is 1.22 bits per heavy atom. The van der Waals surface area contributed by atoms with E-state index in [0.717, 1.165) is 6.07 Å². The molecule has 0 radical (unpaired) electrons. The Labute approximate surface area is 109 Å². The van der Waals surface area contributed by atoms with E-state index in [9.17, 15) is 9.18 Å². The van der Waals surface area contributed by atoms with Crippen LogP contribution in [0.1, 0.15) is 21.5 Å². The molecule has 4 heteroatoms. The van der Waals surface area contributed by atoms with E-state index < -0.39 is 5.82 Å². The summed E-state index contributed by atoms with van der Waals surface area (Å²) in [7, 11) is 0. The fraction of sp³-hybridized carbons (Fsp3) is 0.0714. The monoisotopic (exact) mass is 263 g/mol. The van der Waals surface area contributed by atoms with Gasteiger partial charge in [-0.25, -0.2) is 4.39 Å². The number of carbonyl (C=O) groups excluding carboxylic acids is 1. The molecule has 92 valence electrons. The van der Waals surface area contributed by atoms with Crippen LogP contribution in [0.2, 0.25) is 5.02 Å².